The lowest BCUT2D eigenvalue weighted by Gasteiger charge is -2.20. The third-order valence-electron chi connectivity index (χ3n) is 4.68. The summed E-state index contributed by atoms with van der Waals surface area (Å²) in [4.78, 5) is 12.7. The standard InChI is InChI=1S/C20H23ClN2O3S/c21-19-11-10-17(27(25,26)23-12-6-1-2-7-13-23)14-18(19)20(24)22-15-16-8-4-3-5-9-16/h3-5,8-11,14H,1-2,6-7,12-13,15H2,(H,22,24). The molecule has 0 spiro atoms. The van der Waals surface area contributed by atoms with Crippen molar-refractivity contribution >= 4 is 27.5 Å². The van der Waals surface area contributed by atoms with Gasteiger partial charge >= 0.3 is 0 Å². The van der Waals surface area contributed by atoms with Crippen LogP contribution in [0.3, 0.4) is 0 Å². The molecule has 1 aliphatic heterocycles. The Bertz CT molecular complexity index is 893. The van der Waals surface area contributed by atoms with Gasteiger partial charge in [0.25, 0.3) is 5.91 Å². The van der Waals surface area contributed by atoms with Crippen molar-refractivity contribution in [1.29, 1.82) is 0 Å². The Kier molecular flexibility index (Phi) is 6.52. The number of carbonyl (C=O) groups excluding carboxylic acids is 1. The number of hydrogen-bond acceptors (Lipinski definition) is 3. The number of benzene rings is 2. The highest BCUT2D eigenvalue weighted by atomic mass is 35.5. The van der Waals surface area contributed by atoms with Gasteiger partial charge in [0, 0.05) is 19.6 Å². The smallest absolute Gasteiger partial charge is 0.253 e. The van der Waals surface area contributed by atoms with Gasteiger partial charge < -0.3 is 5.32 Å². The van der Waals surface area contributed by atoms with Crippen LogP contribution in [0.4, 0.5) is 0 Å². The van der Waals surface area contributed by atoms with Gasteiger partial charge in [-0.1, -0.05) is 54.8 Å². The van der Waals surface area contributed by atoms with Crippen LogP contribution in [0.25, 0.3) is 0 Å². The van der Waals surface area contributed by atoms with Crippen molar-refractivity contribution in [3.05, 3.63) is 64.7 Å². The van der Waals surface area contributed by atoms with E-state index in [0.717, 1.165) is 31.2 Å². The van der Waals surface area contributed by atoms with E-state index in [1.165, 1.54) is 22.5 Å². The van der Waals surface area contributed by atoms with Crippen molar-refractivity contribution in [3.8, 4) is 0 Å². The van der Waals surface area contributed by atoms with E-state index in [9.17, 15) is 13.2 Å². The molecule has 1 N–H and O–H groups in total. The van der Waals surface area contributed by atoms with E-state index in [2.05, 4.69) is 5.32 Å². The zero-order valence-corrected chi connectivity index (χ0v) is 16.6. The normalized spacial score (nSPS) is 15.9. The van der Waals surface area contributed by atoms with Crippen LogP contribution in [0.15, 0.2) is 53.4 Å². The maximum Gasteiger partial charge on any atom is 0.253 e. The molecule has 27 heavy (non-hydrogen) atoms. The van der Waals surface area contributed by atoms with Gasteiger partial charge in [-0.2, -0.15) is 4.31 Å². The van der Waals surface area contributed by atoms with Crippen LogP contribution in [-0.2, 0) is 16.6 Å². The SMILES string of the molecule is O=C(NCc1ccccc1)c1cc(S(=O)(=O)N2CCCCCC2)ccc1Cl. The van der Waals surface area contributed by atoms with Crippen molar-refractivity contribution < 1.29 is 13.2 Å². The first kappa shape index (κ1) is 19.9. The Balaban J connectivity index is 1.79. The highest BCUT2D eigenvalue weighted by molar-refractivity contribution is 7.89. The van der Waals surface area contributed by atoms with Crippen LogP contribution in [-0.4, -0.2) is 31.7 Å². The van der Waals surface area contributed by atoms with Crippen LogP contribution in [0.5, 0.6) is 0 Å². The number of sulfonamides is 1. The summed E-state index contributed by atoms with van der Waals surface area (Å²) in [5.74, 6) is -0.392. The van der Waals surface area contributed by atoms with Crippen molar-refractivity contribution in [1.82, 2.24) is 9.62 Å². The summed E-state index contributed by atoms with van der Waals surface area (Å²) < 4.78 is 27.4. The number of nitrogens with zero attached hydrogens (tertiary/aromatic N) is 1. The first-order valence-electron chi connectivity index (χ1n) is 9.10. The summed E-state index contributed by atoms with van der Waals surface area (Å²) in [6.07, 6.45) is 3.80. The Labute approximate surface area is 165 Å². The summed E-state index contributed by atoms with van der Waals surface area (Å²) in [7, 11) is -3.63. The van der Waals surface area contributed by atoms with Gasteiger partial charge in [0.2, 0.25) is 10.0 Å². The van der Waals surface area contributed by atoms with E-state index in [1.807, 2.05) is 30.3 Å². The summed E-state index contributed by atoms with van der Waals surface area (Å²) in [6, 6.07) is 13.8. The fourth-order valence-electron chi connectivity index (χ4n) is 3.14. The van der Waals surface area contributed by atoms with Crippen molar-refractivity contribution in [2.75, 3.05) is 13.1 Å². The Morgan fingerprint density at radius 1 is 1.00 bits per heavy atom. The molecule has 1 amide bonds. The predicted octanol–water partition coefficient (Wildman–Crippen LogP) is 3.83. The molecule has 0 bridgehead atoms. The molecule has 2 aromatic carbocycles. The zero-order valence-electron chi connectivity index (χ0n) is 15.0. The molecule has 2 aromatic rings. The highest BCUT2D eigenvalue weighted by Gasteiger charge is 2.26. The minimum Gasteiger partial charge on any atom is -0.348 e. The first-order chi connectivity index (χ1) is 13.0. The molecular formula is C20H23ClN2O3S. The third-order valence-corrected chi connectivity index (χ3v) is 6.91. The van der Waals surface area contributed by atoms with Crippen LogP contribution >= 0.6 is 11.6 Å². The molecule has 1 heterocycles. The highest BCUT2D eigenvalue weighted by Crippen LogP contribution is 2.25. The van der Waals surface area contributed by atoms with Gasteiger partial charge in [0.1, 0.15) is 0 Å². The molecule has 1 aliphatic rings. The maximum absolute atomic E-state index is 13.0. The number of rotatable bonds is 5. The molecule has 3 rings (SSSR count). The Morgan fingerprint density at radius 3 is 2.33 bits per heavy atom. The number of hydrogen-bond donors (Lipinski definition) is 1. The zero-order chi connectivity index (χ0) is 19.3. The quantitative estimate of drug-likeness (QED) is 0.820. The van der Waals surface area contributed by atoms with Gasteiger partial charge in [-0.05, 0) is 36.6 Å². The molecule has 5 nitrogen and oxygen atoms in total. The average molecular weight is 407 g/mol. The lowest BCUT2D eigenvalue weighted by atomic mass is 10.2. The van der Waals surface area contributed by atoms with Crippen LogP contribution in [0.1, 0.15) is 41.6 Å². The average Bonchev–Trinajstić information content (AvgIpc) is 2.97. The second-order valence-corrected chi connectivity index (χ2v) is 8.97. The van der Waals surface area contributed by atoms with Crippen LogP contribution in [0, 0.1) is 0 Å². The minimum absolute atomic E-state index is 0.110. The summed E-state index contributed by atoms with van der Waals surface area (Å²) in [6.45, 7) is 1.38. The third kappa shape index (κ3) is 4.89. The van der Waals surface area contributed by atoms with Crippen molar-refractivity contribution in [2.45, 2.75) is 37.1 Å². The van der Waals surface area contributed by atoms with Gasteiger partial charge in [0.05, 0.1) is 15.5 Å². The van der Waals surface area contributed by atoms with Gasteiger partial charge in [-0.3, -0.25) is 4.79 Å². The lowest BCUT2D eigenvalue weighted by molar-refractivity contribution is 0.0951. The first-order valence-corrected chi connectivity index (χ1v) is 10.9. The molecule has 0 radical (unpaired) electrons. The fourth-order valence-corrected chi connectivity index (χ4v) is 4.89. The van der Waals surface area contributed by atoms with Gasteiger partial charge in [-0.15, -0.1) is 0 Å². The Hall–Kier alpha value is -1.89. The Morgan fingerprint density at radius 2 is 1.67 bits per heavy atom. The van der Waals surface area contributed by atoms with Crippen molar-refractivity contribution in [3.63, 3.8) is 0 Å². The number of nitrogens with one attached hydrogen (secondary N) is 1. The van der Waals surface area contributed by atoms with E-state index < -0.39 is 15.9 Å². The monoisotopic (exact) mass is 406 g/mol. The van der Waals surface area contributed by atoms with E-state index >= 15 is 0 Å². The molecule has 1 fully saturated rings. The molecule has 0 saturated carbocycles. The summed E-state index contributed by atoms with van der Waals surface area (Å²) in [5, 5.41) is 3.02. The molecular weight excluding hydrogens is 384 g/mol. The summed E-state index contributed by atoms with van der Waals surface area (Å²) in [5.41, 5.74) is 1.12. The topological polar surface area (TPSA) is 66.5 Å². The molecule has 0 atom stereocenters. The minimum atomic E-state index is -3.63. The number of amides is 1. The lowest BCUT2D eigenvalue weighted by Crippen LogP contribution is -2.32. The van der Waals surface area contributed by atoms with E-state index in [1.54, 1.807) is 0 Å². The predicted molar refractivity (Wildman–Crippen MR) is 106 cm³/mol. The largest absolute Gasteiger partial charge is 0.348 e. The molecule has 0 aliphatic carbocycles. The number of halogens is 1. The van der Waals surface area contributed by atoms with E-state index in [4.69, 9.17) is 11.6 Å². The van der Waals surface area contributed by atoms with Gasteiger partial charge in [0.15, 0.2) is 0 Å². The molecule has 1 saturated heterocycles. The molecule has 144 valence electrons. The fraction of sp³-hybridized carbons (Fsp3) is 0.350. The van der Waals surface area contributed by atoms with Crippen LogP contribution in [0.2, 0.25) is 5.02 Å². The second kappa shape index (κ2) is 8.87. The second-order valence-electron chi connectivity index (χ2n) is 6.63. The maximum atomic E-state index is 13.0. The molecule has 0 unspecified atom stereocenters. The summed E-state index contributed by atoms with van der Waals surface area (Å²) >= 11 is 6.17. The number of carbonyl (C=O) groups is 1. The molecule has 7 heteroatoms. The van der Waals surface area contributed by atoms with E-state index in [-0.39, 0.29) is 15.5 Å². The van der Waals surface area contributed by atoms with Crippen LogP contribution < -0.4 is 5.32 Å². The van der Waals surface area contributed by atoms with E-state index in [0.29, 0.717) is 19.6 Å². The van der Waals surface area contributed by atoms with Gasteiger partial charge in [-0.25, -0.2) is 8.42 Å². The van der Waals surface area contributed by atoms with Crippen molar-refractivity contribution in [2.24, 2.45) is 0 Å². The molecule has 0 aromatic heterocycles.